The number of anilines is 4. The van der Waals surface area contributed by atoms with Crippen molar-refractivity contribution in [2.45, 2.75) is 51.1 Å². The second-order valence-corrected chi connectivity index (χ2v) is 24.3. The number of rotatable bonds is 10. The Morgan fingerprint density at radius 2 is 1.27 bits per heavy atom. The number of aromatic nitrogens is 6. The fourth-order valence-corrected chi connectivity index (χ4v) is 14.3. The van der Waals surface area contributed by atoms with E-state index in [0.29, 0.717) is 111 Å². The molecule has 7 aromatic heterocycles. The third-order valence-corrected chi connectivity index (χ3v) is 18.9. The lowest BCUT2D eigenvalue weighted by Gasteiger charge is -2.24. The van der Waals surface area contributed by atoms with E-state index in [1.807, 2.05) is 6.07 Å². The predicted octanol–water partition coefficient (Wildman–Crippen LogP) is 15.0. The van der Waals surface area contributed by atoms with Crippen molar-refractivity contribution in [1.29, 1.82) is 5.26 Å². The second-order valence-electron chi connectivity index (χ2n) is 22.2. The van der Waals surface area contributed by atoms with E-state index in [1.165, 1.54) is 52.6 Å². The number of H-pyrrole nitrogens is 2. The second kappa shape index (κ2) is 22.2. The average molecular weight is 1250 g/mol. The van der Waals surface area contributed by atoms with E-state index < -0.39 is 52.8 Å². The summed E-state index contributed by atoms with van der Waals surface area (Å²) in [5.74, 6) is -4.43. The molecule has 2 atom stereocenters. The van der Waals surface area contributed by atoms with Crippen molar-refractivity contribution < 1.29 is 45.5 Å². The van der Waals surface area contributed by atoms with Gasteiger partial charge in [0.05, 0.1) is 73.0 Å². The molecule has 3 aliphatic rings. The summed E-state index contributed by atoms with van der Waals surface area (Å²) in [6, 6.07) is 32.3. The number of aryl methyl sites for hydroxylation is 2. The van der Waals surface area contributed by atoms with Gasteiger partial charge in [-0.2, -0.15) is 23.5 Å². The number of nitrogens with one attached hydrogen (secondary N) is 4. The molecule has 4 amide bonds. The SMILES string of the molecule is Cc1cccc(F)c1NC(=O)c1cc2c(s1)-c1ccc(C(F)(F)F)cc1N(C(=O)c1cccc(-c3c[nH]nc3C3CC3c3cc(C)c(NC(=O)c4cc5c(s4)-c4ccc(C#N)cc4N(C(=O)c4cccc(-c6c[nH]c7ncc(F)cc67)n4)CC5)c(F)c3)n1)CC2. The molecule has 9 heterocycles. The van der Waals surface area contributed by atoms with Gasteiger partial charge in [0.25, 0.3) is 23.6 Å². The molecule has 0 radical (unpaired) electrons. The average Bonchev–Trinajstić information content (AvgIpc) is 1.74. The van der Waals surface area contributed by atoms with Crippen LogP contribution in [0.25, 0.3) is 54.4 Å². The molecule has 11 aromatic rings. The molecule has 90 heavy (non-hydrogen) atoms. The Hall–Kier alpha value is -10.6. The number of benzene rings is 4. The number of hydrogen-bond donors (Lipinski definition) is 4. The van der Waals surface area contributed by atoms with E-state index in [1.54, 1.807) is 97.9 Å². The van der Waals surface area contributed by atoms with Crippen LogP contribution in [0.4, 0.5) is 49.1 Å². The molecular weight excluding hydrogens is 1200 g/mol. The number of pyridine rings is 3. The van der Waals surface area contributed by atoms with Gasteiger partial charge in [0.15, 0.2) is 0 Å². The van der Waals surface area contributed by atoms with E-state index >= 15 is 4.39 Å². The lowest BCUT2D eigenvalue weighted by atomic mass is 10.0. The minimum absolute atomic E-state index is 0.00331. The molecule has 2 aliphatic heterocycles. The number of nitriles is 1. The highest BCUT2D eigenvalue weighted by Crippen LogP contribution is 2.56. The van der Waals surface area contributed by atoms with Gasteiger partial charge in [-0.15, -0.1) is 22.7 Å². The fourth-order valence-electron chi connectivity index (χ4n) is 12.0. The largest absolute Gasteiger partial charge is 0.416 e. The van der Waals surface area contributed by atoms with Crippen LogP contribution >= 0.6 is 22.7 Å². The first-order valence-corrected chi connectivity index (χ1v) is 29.9. The molecule has 4 aromatic carbocycles. The molecule has 1 saturated carbocycles. The Bertz CT molecular complexity index is 4850. The standard InChI is InChI=1S/C67H45F6N11O4S2/c1-32-6-3-7-47(69)57(32)80-63(85)55-24-36-17-19-84(54-25-38(67(71,72)73)13-15-41(54)61(36)90-55)66(88)52-11-5-9-50(79-52)46-31-77-82-59(46)43-27-42(43)37-20-33(2)58(48(70)22-37)81-64(86)56-23-35-16-18-83(53-21-34(28-74)12-14-40(53)60(35)89-56)65(87)51-10-4-8-49(78-51)45-30-76-62-44(45)26-39(68)29-75-62/h3-15,20-26,29-31,42-43H,16-19,27H2,1-2H3,(H,75,76)(H,77,82)(H,80,85)(H,81,86). The van der Waals surface area contributed by atoms with Crippen molar-refractivity contribution in [3.63, 3.8) is 0 Å². The van der Waals surface area contributed by atoms with E-state index in [4.69, 9.17) is 4.98 Å². The molecule has 446 valence electrons. The molecule has 23 heteroatoms. The summed E-state index contributed by atoms with van der Waals surface area (Å²) in [6.45, 7) is 3.45. The molecule has 1 fully saturated rings. The first kappa shape index (κ1) is 57.2. The first-order valence-electron chi connectivity index (χ1n) is 28.3. The summed E-state index contributed by atoms with van der Waals surface area (Å²) < 4.78 is 88.4. The molecule has 0 bridgehead atoms. The van der Waals surface area contributed by atoms with Crippen molar-refractivity contribution >= 4 is 80.1 Å². The highest BCUT2D eigenvalue weighted by molar-refractivity contribution is 7.18. The topological polar surface area (TPSA) is 206 Å². The van der Waals surface area contributed by atoms with Gasteiger partial charge >= 0.3 is 6.18 Å². The van der Waals surface area contributed by atoms with Gasteiger partial charge in [-0.25, -0.2) is 28.1 Å². The van der Waals surface area contributed by atoms with Crippen LogP contribution in [0.1, 0.15) is 103 Å². The minimum Gasteiger partial charge on any atom is -0.345 e. The van der Waals surface area contributed by atoms with E-state index in [2.05, 4.69) is 41.9 Å². The molecule has 15 nitrogen and oxygen atoms in total. The van der Waals surface area contributed by atoms with Gasteiger partial charge < -0.3 is 25.4 Å². The number of hydrogen-bond acceptors (Lipinski definition) is 11. The normalized spacial score (nSPS) is 15.0. The van der Waals surface area contributed by atoms with Crippen LogP contribution in [0.2, 0.25) is 0 Å². The zero-order chi connectivity index (χ0) is 62.4. The zero-order valence-electron chi connectivity index (χ0n) is 47.3. The van der Waals surface area contributed by atoms with Crippen molar-refractivity contribution in [3.05, 3.63) is 223 Å². The number of alkyl halides is 3. The van der Waals surface area contributed by atoms with Crippen LogP contribution in [0, 0.1) is 42.6 Å². The maximum Gasteiger partial charge on any atom is 0.416 e. The van der Waals surface area contributed by atoms with Crippen molar-refractivity contribution in [1.82, 2.24) is 30.1 Å². The van der Waals surface area contributed by atoms with Gasteiger partial charge in [-0.05, 0) is 146 Å². The maximum atomic E-state index is 16.4. The summed E-state index contributed by atoms with van der Waals surface area (Å²) in [5, 5.41) is 23.3. The molecule has 1 aliphatic carbocycles. The third kappa shape index (κ3) is 10.3. The lowest BCUT2D eigenvalue weighted by Crippen LogP contribution is -2.33. The quantitative estimate of drug-likeness (QED) is 0.0960. The molecule has 4 N–H and O–H groups in total. The Morgan fingerprint density at radius 1 is 0.656 bits per heavy atom. The number of thiophene rings is 2. The Labute approximate surface area is 515 Å². The van der Waals surface area contributed by atoms with Crippen LogP contribution in [0.15, 0.2) is 140 Å². The number of para-hydroxylation sites is 1. The lowest BCUT2D eigenvalue weighted by molar-refractivity contribution is -0.137. The summed E-state index contributed by atoms with van der Waals surface area (Å²) in [4.78, 5) is 77.8. The highest BCUT2D eigenvalue weighted by atomic mass is 32.1. The van der Waals surface area contributed by atoms with Gasteiger partial charge in [0.1, 0.15) is 34.5 Å². The fraction of sp³-hybridized carbons (Fsp3) is 0.149. The number of carbonyl (C=O) groups is 4. The van der Waals surface area contributed by atoms with Gasteiger partial charge in [0, 0.05) is 68.8 Å². The predicted molar refractivity (Wildman–Crippen MR) is 329 cm³/mol. The van der Waals surface area contributed by atoms with Crippen LogP contribution in [0.5, 0.6) is 0 Å². The number of halogens is 6. The van der Waals surface area contributed by atoms with E-state index in [9.17, 15) is 46.4 Å². The van der Waals surface area contributed by atoms with Crippen molar-refractivity contribution in [2.24, 2.45) is 0 Å². The van der Waals surface area contributed by atoms with Crippen LogP contribution in [-0.2, 0) is 19.0 Å². The Balaban J connectivity index is 0.676. The Kier molecular flexibility index (Phi) is 14.1. The van der Waals surface area contributed by atoms with Crippen molar-refractivity contribution in [3.8, 4) is 49.5 Å². The molecular formula is C67H45F6N11O4S2. The monoisotopic (exact) mass is 1250 g/mol. The molecule has 0 saturated heterocycles. The first-order chi connectivity index (χ1) is 43.4. The number of amides is 4. The van der Waals surface area contributed by atoms with E-state index in [-0.39, 0.29) is 64.7 Å². The van der Waals surface area contributed by atoms with E-state index in [0.717, 1.165) is 35.2 Å². The summed E-state index contributed by atoms with van der Waals surface area (Å²) in [7, 11) is 0. The third-order valence-electron chi connectivity index (χ3n) is 16.5. The van der Waals surface area contributed by atoms with Crippen LogP contribution in [0.3, 0.4) is 0 Å². The van der Waals surface area contributed by atoms with Gasteiger partial charge in [-0.3, -0.25) is 24.3 Å². The van der Waals surface area contributed by atoms with Crippen LogP contribution in [-0.4, -0.2) is 66.9 Å². The number of nitrogens with zero attached hydrogens (tertiary/aromatic N) is 7. The number of aromatic amines is 2. The Morgan fingerprint density at radius 3 is 1.89 bits per heavy atom. The highest BCUT2D eigenvalue weighted by Gasteiger charge is 2.44. The molecule has 14 rings (SSSR count). The number of fused-ring (bicyclic) bond motifs is 7. The molecule has 0 spiro atoms. The molecule has 2 unspecified atom stereocenters. The summed E-state index contributed by atoms with van der Waals surface area (Å²) in [6.07, 6.45) is 0.715. The zero-order valence-corrected chi connectivity index (χ0v) is 49.0. The van der Waals surface area contributed by atoms with Gasteiger partial charge in [0.2, 0.25) is 0 Å². The number of carbonyl (C=O) groups excluding carboxylic acids is 4. The summed E-state index contributed by atoms with van der Waals surface area (Å²) in [5.41, 5.74) is 6.74. The smallest absolute Gasteiger partial charge is 0.345 e. The van der Waals surface area contributed by atoms with Crippen molar-refractivity contribution in [2.75, 3.05) is 33.5 Å². The maximum absolute atomic E-state index is 16.4. The minimum atomic E-state index is -4.75. The van der Waals surface area contributed by atoms with Gasteiger partial charge in [-0.1, -0.05) is 42.5 Å². The summed E-state index contributed by atoms with van der Waals surface area (Å²) >= 11 is 2.21. The van der Waals surface area contributed by atoms with Crippen LogP contribution < -0.4 is 20.4 Å².